The number of hydrogen-bond acceptors (Lipinski definition) is 4. The van der Waals surface area contributed by atoms with Crippen molar-refractivity contribution in [1.82, 2.24) is 0 Å². The van der Waals surface area contributed by atoms with E-state index in [1.54, 1.807) is 0 Å². The van der Waals surface area contributed by atoms with Crippen LogP contribution in [0.3, 0.4) is 0 Å². The second-order valence-electron chi connectivity index (χ2n) is 4.65. The van der Waals surface area contributed by atoms with Gasteiger partial charge in [0.05, 0.1) is 24.3 Å². The van der Waals surface area contributed by atoms with E-state index in [0.717, 1.165) is 11.1 Å². The predicted octanol–water partition coefficient (Wildman–Crippen LogP) is 3.20. The van der Waals surface area contributed by atoms with Gasteiger partial charge in [0.1, 0.15) is 0 Å². The first-order valence-corrected chi connectivity index (χ1v) is 6.35. The van der Waals surface area contributed by atoms with Crippen LogP contribution in [0.4, 0.5) is 0 Å². The van der Waals surface area contributed by atoms with Crippen molar-refractivity contribution in [3.8, 4) is 24.3 Å². The Morgan fingerprint density at radius 1 is 0.857 bits per heavy atom. The van der Waals surface area contributed by atoms with Gasteiger partial charge < -0.3 is 0 Å². The van der Waals surface area contributed by atoms with Gasteiger partial charge in [0.25, 0.3) is 0 Å². The molecular weight excluding hydrogens is 260 g/mol. The van der Waals surface area contributed by atoms with Crippen LogP contribution in [0, 0.1) is 45.3 Å². The zero-order chi connectivity index (χ0) is 15.2. The van der Waals surface area contributed by atoms with Crippen LogP contribution in [0.5, 0.6) is 0 Å². The Labute approximate surface area is 123 Å². The molecule has 0 fully saturated rings. The fourth-order valence-corrected chi connectivity index (χ4v) is 2.78. The minimum Gasteiger partial charge on any atom is -0.193 e. The van der Waals surface area contributed by atoms with Gasteiger partial charge in [-0.05, 0) is 17.5 Å². The topological polar surface area (TPSA) is 95.2 Å². The summed E-state index contributed by atoms with van der Waals surface area (Å²) in [6, 6.07) is 15.5. The summed E-state index contributed by atoms with van der Waals surface area (Å²) in [4.78, 5) is 0. The van der Waals surface area contributed by atoms with Gasteiger partial charge in [-0.3, -0.25) is 0 Å². The first kappa shape index (κ1) is 14.1. The summed E-state index contributed by atoms with van der Waals surface area (Å²) in [5.41, 5.74) is 2.68. The molecule has 1 aliphatic carbocycles. The van der Waals surface area contributed by atoms with Gasteiger partial charge in [-0.2, -0.15) is 21.0 Å². The Morgan fingerprint density at radius 3 is 1.62 bits per heavy atom. The molecule has 0 aliphatic heterocycles. The standard InChI is InChI=1S/C17H10N4/c18-7-5-12(10-20)16-9-17(13(11-21)6-8-19)15-4-2-1-3-14(15)16/h1-6,16-17H,9H2. The molecule has 0 radical (unpaired) electrons. The van der Waals surface area contributed by atoms with E-state index in [2.05, 4.69) is 12.1 Å². The lowest BCUT2D eigenvalue weighted by molar-refractivity contribution is 0.717. The maximum Gasteiger partial charge on any atom is 0.0961 e. The molecule has 0 saturated heterocycles. The van der Waals surface area contributed by atoms with Crippen LogP contribution in [0.15, 0.2) is 47.6 Å². The Bertz CT molecular complexity index is 721. The predicted molar refractivity (Wildman–Crippen MR) is 75.2 cm³/mol. The first-order chi connectivity index (χ1) is 10.3. The number of benzene rings is 1. The normalized spacial score (nSPS) is 20.6. The molecule has 1 aliphatic rings. The summed E-state index contributed by atoms with van der Waals surface area (Å²) in [7, 11) is 0. The molecule has 0 spiro atoms. The molecule has 0 bridgehead atoms. The van der Waals surface area contributed by atoms with E-state index in [1.165, 1.54) is 12.2 Å². The maximum atomic E-state index is 9.23. The highest BCUT2D eigenvalue weighted by atomic mass is 14.4. The van der Waals surface area contributed by atoms with Crippen molar-refractivity contribution in [1.29, 1.82) is 21.0 Å². The molecular formula is C17H10N4. The molecule has 2 atom stereocenters. The molecule has 98 valence electrons. The fourth-order valence-electron chi connectivity index (χ4n) is 2.78. The third kappa shape index (κ3) is 2.52. The highest BCUT2D eigenvalue weighted by molar-refractivity contribution is 5.53. The summed E-state index contributed by atoms with van der Waals surface area (Å²) in [6.45, 7) is 0. The van der Waals surface area contributed by atoms with Crippen LogP contribution in [-0.2, 0) is 0 Å². The summed E-state index contributed by atoms with van der Waals surface area (Å²) in [5, 5.41) is 36.0. The van der Waals surface area contributed by atoms with Gasteiger partial charge in [-0.25, -0.2) is 0 Å². The van der Waals surface area contributed by atoms with Gasteiger partial charge in [0, 0.05) is 35.1 Å². The zero-order valence-electron chi connectivity index (χ0n) is 11.1. The van der Waals surface area contributed by atoms with E-state index in [1.807, 2.05) is 36.4 Å². The highest BCUT2D eigenvalue weighted by Gasteiger charge is 2.35. The molecule has 0 saturated carbocycles. The Kier molecular flexibility index (Phi) is 4.16. The Balaban J connectivity index is 2.55. The number of nitrogens with zero attached hydrogens (tertiary/aromatic N) is 4. The third-order valence-corrected chi connectivity index (χ3v) is 3.67. The van der Waals surface area contributed by atoms with E-state index in [0.29, 0.717) is 17.6 Å². The van der Waals surface area contributed by atoms with E-state index >= 15 is 0 Å². The summed E-state index contributed by atoms with van der Waals surface area (Å²) in [5.74, 6) is -0.405. The fraction of sp³-hybridized carbons (Fsp3) is 0.176. The smallest absolute Gasteiger partial charge is 0.0961 e. The summed E-state index contributed by atoms with van der Waals surface area (Å²) < 4.78 is 0. The second kappa shape index (κ2) is 6.21. The van der Waals surface area contributed by atoms with Gasteiger partial charge in [0.2, 0.25) is 0 Å². The van der Waals surface area contributed by atoms with Gasteiger partial charge in [0.15, 0.2) is 0 Å². The van der Waals surface area contributed by atoms with Crippen molar-refractivity contribution in [3.63, 3.8) is 0 Å². The monoisotopic (exact) mass is 270 g/mol. The molecule has 2 unspecified atom stereocenters. The molecule has 2 rings (SSSR count). The molecule has 21 heavy (non-hydrogen) atoms. The van der Waals surface area contributed by atoms with E-state index in [4.69, 9.17) is 10.5 Å². The Hall–Kier alpha value is -3.34. The minimum absolute atomic E-state index is 0.203. The largest absolute Gasteiger partial charge is 0.193 e. The number of allylic oxidation sites excluding steroid dienone is 4. The molecule has 0 amide bonds. The van der Waals surface area contributed by atoms with Crippen LogP contribution in [0.2, 0.25) is 0 Å². The SMILES string of the molecule is N#CC=C(C#N)C1CC(C(C#N)=CC#N)c2ccccc21. The van der Waals surface area contributed by atoms with Gasteiger partial charge in [-0.1, -0.05) is 24.3 Å². The number of hydrogen-bond donors (Lipinski definition) is 0. The van der Waals surface area contributed by atoms with Crippen molar-refractivity contribution in [3.05, 3.63) is 58.7 Å². The zero-order valence-corrected chi connectivity index (χ0v) is 11.1. The molecule has 4 nitrogen and oxygen atoms in total. The second-order valence-corrected chi connectivity index (χ2v) is 4.65. The number of fused-ring (bicyclic) bond motifs is 1. The van der Waals surface area contributed by atoms with Crippen LogP contribution < -0.4 is 0 Å². The van der Waals surface area contributed by atoms with Crippen molar-refractivity contribution >= 4 is 0 Å². The highest BCUT2D eigenvalue weighted by Crippen LogP contribution is 2.47. The average molecular weight is 270 g/mol. The summed E-state index contributed by atoms with van der Waals surface area (Å²) >= 11 is 0. The van der Waals surface area contributed by atoms with Crippen LogP contribution in [-0.4, -0.2) is 0 Å². The first-order valence-electron chi connectivity index (χ1n) is 6.35. The number of rotatable bonds is 2. The van der Waals surface area contributed by atoms with Gasteiger partial charge >= 0.3 is 0 Å². The minimum atomic E-state index is -0.203. The Morgan fingerprint density at radius 2 is 1.29 bits per heavy atom. The van der Waals surface area contributed by atoms with Crippen LogP contribution >= 0.6 is 0 Å². The molecule has 0 N–H and O–H groups in total. The molecule has 1 aromatic rings. The third-order valence-electron chi connectivity index (χ3n) is 3.67. The summed E-state index contributed by atoms with van der Waals surface area (Å²) in [6.07, 6.45) is 3.04. The molecule has 1 aromatic carbocycles. The lowest BCUT2D eigenvalue weighted by Gasteiger charge is -2.09. The van der Waals surface area contributed by atoms with E-state index in [9.17, 15) is 10.5 Å². The van der Waals surface area contributed by atoms with Crippen molar-refractivity contribution in [2.75, 3.05) is 0 Å². The van der Waals surface area contributed by atoms with E-state index in [-0.39, 0.29) is 11.8 Å². The van der Waals surface area contributed by atoms with Crippen molar-refractivity contribution in [2.24, 2.45) is 0 Å². The van der Waals surface area contributed by atoms with Crippen molar-refractivity contribution < 1.29 is 0 Å². The molecule has 0 heterocycles. The molecule has 0 aromatic heterocycles. The quantitative estimate of drug-likeness (QED) is 0.771. The lowest BCUT2D eigenvalue weighted by Crippen LogP contribution is -1.99. The van der Waals surface area contributed by atoms with Crippen molar-refractivity contribution in [2.45, 2.75) is 18.3 Å². The maximum absolute atomic E-state index is 9.23. The average Bonchev–Trinajstić information content (AvgIpc) is 2.90. The lowest BCUT2D eigenvalue weighted by atomic mass is 9.91. The van der Waals surface area contributed by atoms with Crippen LogP contribution in [0.25, 0.3) is 0 Å². The van der Waals surface area contributed by atoms with E-state index < -0.39 is 0 Å². The van der Waals surface area contributed by atoms with Crippen LogP contribution in [0.1, 0.15) is 29.4 Å². The molecule has 4 heteroatoms. The van der Waals surface area contributed by atoms with Gasteiger partial charge in [-0.15, -0.1) is 0 Å². The number of nitriles is 4.